The Labute approximate surface area is 145 Å². The van der Waals surface area contributed by atoms with E-state index in [1.165, 1.54) is 13.4 Å². The van der Waals surface area contributed by atoms with Gasteiger partial charge < -0.3 is 14.1 Å². The fourth-order valence-electron chi connectivity index (χ4n) is 2.11. The Morgan fingerprint density at radius 1 is 1.29 bits per heavy atom. The smallest absolute Gasteiger partial charge is 0.360 e. The van der Waals surface area contributed by atoms with Crippen LogP contribution in [0.3, 0.4) is 0 Å². The number of hydrogen-bond acceptors (Lipinski definition) is 5. The summed E-state index contributed by atoms with van der Waals surface area (Å²) in [5.41, 5.74) is -0.0451. The zero-order chi connectivity index (χ0) is 17.9. The lowest BCUT2D eigenvalue weighted by Crippen LogP contribution is -2.45. The molecule has 2 rings (SSSR count). The van der Waals surface area contributed by atoms with E-state index in [1.807, 2.05) is 20.8 Å². The molecular formula is C17H19ClN2O4. The molecule has 0 fully saturated rings. The van der Waals surface area contributed by atoms with Crippen LogP contribution in [0.1, 0.15) is 47.5 Å². The van der Waals surface area contributed by atoms with Crippen molar-refractivity contribution in [1.29, 1.82) is 0 Å². The Bertz CT molecular complexity index is 749. The maximum atomic E-state index is 12.9. The summed E-state index contributed by atoms with van der Waals surface area (Å²) in [5.74, 6) is -0.596. The van der Waals surface area contributed by atoms with Crippen LogP contribution < -0.4 is 0 Å². The molecule has 1 aromatic carbocycles. The molecule has 128 valence electrons. The fourth-order valence-corrected chi connectivity index (χ4v) is 2.33. The normalized spacial score (nSPS) is 11.2. The van der Waals surface area contributed by atoms with E-state index in [4.69, 9.17) is 16.0 Å². The lowest BCUT2D eigenvalue weighted by molar-refractivity contribution is 0.0533. The molecule has 0 spiro atoms. The SMILES string of the molecule is COC(=O)c1coc(CN(C(=O)c2ccccc2Cl)C(C)(C)C)n1. The van der Waals surface area contributed by atoms with Crippen molar-refractivity contribution in [1.82, 2.24) is 9.88 Å². The van der Waals surface area contributed by atoms with Crippen LogP contribution in [0.15, 0.2) is 34.9 Å². The van der Waals surface area contributed by atoms with E-state index >= 15 is 0 Å². The fraction of sp³-hybridized carbons (Fsp3) is 0.353. The summed E-state index contributed by atoms with van der Waals surface area (Å²) in [6, 6.07) is 6.84. The number of esters is 1. The number of benzene rings is 1. The Balaban J connectivity index is 2.30. The van der Waals surface area contributed by atoms with E-state index in [2.05, 4.69) is 9.72 Å². The van der Waals surface area contributed by atoms with E-state index < -0.39 is 11.5 Å². The molecular weight excluding hydrogens is 332 g/mol. The lowest BCUT2D eigenvalue weighted by atomic mass is 10.0. The summed E-state index contributed by atoms with van der Waals surface area (Å²) >= 11 is 6.13. The van der Waals surface area contributed by atoms with Crippen molar-refractivity contribution in [2.75, 3.05) is 7.11 Å². The second-order valence-corrected chi connectivity index (χ2v) is 6.57. The number of aromatic nitrogens is 1. The van der Waals surface area contributed by atoms with Crippen LogP contribution in [0.4, 0.5) is 0 Å². The summed E-state index contributed by atoms with van der Waals surface area (Å²) in [4.78, 5) is 30.0. The van der Waals surface area contributed by atoms with E-state index in [1.54, 1.807) is 29.2 Å². The van der Waals surface area contributed by atoms with Gasteiger partial charge in [-0.25, -0.2) is 9.78 Å². The molecule has 7 heteroatoms. The molecule has 24 heavy (non-hydrogen) atoms. The third kappa shape index (κ3) is 3.94. The molecule has 0 saturated carbocycles. The average Bonchev–Trinajstić information content (AvgIpc) is 2.99. The van der Waals surface area contributed by atoms with Gasteiger partial charge in [0, 0.05) is 5.54 Å². The summed E-state index contributed by atoms with van der Waals surface area (Å²) < 4.78 is 9.89. The topological polar surface area (TPSA) is 72.6 Å². The number of ether oxygens (including phenoxy) is 1. The van der Waals surface area contributed by atoms with Crippen LogP contribution >= 0.6 is 11.6 Å². The standard InChI is InChI=1S/C17H19ClN2O4/c1-17(2,3)20(15(21)11-7-5-6-8-12(11)18)9-14-19-13(10-24-14)16(22)23-4/h5-8,10H,9H2,1-4H3. The van der Waals surface area contributed by atoms with Gasteiger partial charge in [-0.3, -0.25) is 4.79 Å². The van der Waals surface area contributed by atoms with Crippen molar-refractivity contribution in [3.05, 3.63) is 52.7 Å². The highest BCUT2D eigenvalue weighted by molar-refractivity contribution is 6.33. The van der Waals surface area contributed by atoms with Gasteiger partial charge >= 0.3 is 5.97 Å². The molecule has 0 N–H and O–H groups in total. The molecule has 0 radical (unpaired) electrons. The van der Waals surface area contributed by atoms with Gasteiger partial charge in [0.15, 0.2) is 5.69 Å². The lowest BCUT2D eigenvalue weighted by Gasteiger charge is -2.35. The third-order valence-corrected chi connectivity index (χ3v) is 3.73. The highest BCUT2D eigenvalue weighted by Gasteiger charge is 2.30. The number of amides is 1. The summed E-state index contributed by atoms with van der Waals surface area (Å²) in [5, 5.41) is 0.374. The summed E-state index contributed by atoms with van der Waals surface area (Å²) in [6.45, 7) is 5.79. The molecule has 0 saturated heterocycles. The Morgan fingerprint density at radius 3 is 2.54 bits per heavy atom. The molecule has 0 atom stereocenters. The van der Waals surface area contributed by atoms with Gasteiger partial charge in [0.05, 0.1) is 24.2 Å². The van der Waals surface area contributed by atoms with Crippen LogP contribution in [0.2, 0.25) is 5.02 Å². The third-order valence-electron chi connectivity index (χ3n) is 3.40. The number of hydrogen-bond donors (Lipinski definition) is 0. The largest absolute Gasteiger partial charge is 0.464 e. The second-order valence-electron chi connectivity index (χ2n) is 6.16. The van der Waals surface area contributed by atoms with E-state index in [0.717, 1.165) is 0 Å². The maximum Gasteiger partial charge on any atom is 0.360 e. The Morgan fingerprint density at radius 2 is 1.96 bits per heavy atom. The molecule has 0 aliphatic heterocycles. The van der Waals surface area contributed by atoms with Gasteiger partial charge in [-0.1, -0.05) is 23.7 Å². The molecule has 1 heterocycles. The van der Waals surface area contributed by atoms with Crippen molar-refractivity contribution in [2.24, 2.45) is 0 Å². The van der Waals surface area contributed by atoms with Gasteiger partial charge in [-0.2, -0.15) is 0 Å². The number of carbonyl (C=O) groups is 2. The summed E-state index contributed by atoms with van der Waals surface area (Å²) in [7, 11) is 1.26. The first kappa shape index (κ1) is 18.0. The molecule has 0 unspecified atom stereocenters. The van der Waals surface area contributed by atoms with Crippen molar-refractivity contribution < 1.29 is 18.7 Å². The Hall–Kier alpha value is -2.34. The zero-order valence-corrected chi connectivity index (χ0v) is 14.8. The number of rotatable bonds is 4. The molecule has 1 amide bonds. The van der Waals surface area contributed by atoms with Gasteiger partial charge in [-0.05, 0) is 32.9 Å². The molecule has 2 aromatic rings. The van der Waals surface area contributed by atoms with Gasteiger partial charge in [0.25, 0.3) is 5.91 Å². The minimum absolute atomic E-state index is 0.0616. The molecule has 6 nitrogen and oxygen atoms in total. The van der Waals surface area contributed by atoms with Crippen molar-refractivity contribution in [2.45, 2.75) is 32.9 Å². The van der Waals surface area contributed by atoms with Crippen LogP contribution in [0.25, 0.3) is 0 Å². The van der Waals surface area contributed by atoms with Crippen LogP contribution in [0.5, 0.6) is 0 Å². The van der Waals surface area contributed by atoms with Crippen molar-refractivity contribution in [3.63, 3.8) is 0 Å². The first-order valence-electron chi connectivity index (χ1n) is 7.33. The quantitative estimate of drug-likeness (QED) is 0.788. The zero-order valence-electron chi connectivity index (χ0n) is 14.0. The van der Waals surface area contributed by atoms with E-state index in [9.17, 15) is 9.59 Å². The minimum Gasteiger partial charge on any atom is -0.464 e. The van der Waals surface area contributed by atoms with Gasteiger partial charge in [0.2, 0.25) is 5.89 Å². The van der Waals surface area contributed by atoms with Crippen molar-refractivity contribution in [3.8, 4) is 0 Å². The number of halogens is 1. The first-order chi connectivity index (χ1) is 11.2. The number of methoxy groups -OCH3 is 1. The molecule has 0 aliphatic rings. The highest BCUT2D eigenvalue weighted by Crippen LogP contribution is 2.24. The molecule has 0 bridgehead atoms. The monoisotopic (exact) mass is 350 g/mol. The summed E-state index contributed by atoms with van der Waals surface area (Å²) in [6.07, 6.45) is 1.21. The van der Waals surface area contributed by atoms with Gasteiger partial charge in [-0.15, -0.1) is 0 Å². The molecule has 0 aliphatic carbocycles. The first-order valence-corrected chi connectivity index (χ1v) is 7.71. The predicted octanol–water partition coefficient (Wildman–Crippen LogP) is 3.56. The number of nitrogens with zero attached hydrogens (tertiary/aromatic N) is 2. The highest BCUT2D eigenvalue weighted by atomic mass is 35.5. The van der Waals surface area contributed by atoms with Crippen LogP contribution in [-0.4, -0.2) is 34.4 Å². The van der Waals surface area contributed by atoms with Gasteiger partial charge in [0.1, 0.15) is 6.26 Å². The average molecular weight is 351 g/mol. The number of oxazole rings is 1. The maximum absolute atomic E-state index is 12.9. The number of carbonyl (C=O) groups excluding carboxylic acids is 2. The molecule has 1 aromatic heterocycles. The van der Waals surface area contributed by atoms with Crippen molar-refractivity contribution >= 4 is 23.5 Å². The minimum atomic E-state index is -0.593. The van der Waals surface area contributed by atoms with E-state index in [-0.39, 0.29) is 24.0 Å². The van der Waals surface area contributed by atoms with E-state index in [0.29, 0.717) is 10.6 Å². The second kappa shape index (κ2) is 7.05. The Kier molecular flexibility index (Phi) is 5.29. The van der Waals surface area contributed by atoms with Crippen LogP contribution in [-0.2, 0) is 11.3 Å². The predicted molar refractivity (Wildman–Crippen MR) is 88.9 cm³/mol. The van der Waals surface area contributed by atoms with Crippen LogP contribution in [0, 0.1) is 0 Å².